The van der Waals surface area contributed by atoms with Gasteiger partial charge in [0.1, 0.15) is 16.7 Å². The Bertz CT molecular complexity index is 1030. The van der Waals surface area contributed by atoms with E-state index in [9.17, 15) is 18.3 Å². The summed E-state index contributed by atoms with van der Waals surface area (Å²) in [4.78, 5) is 18.4. The molecule has 0 aliphatic carbocycles. The van der Waals surface area contributed by atoms with E-state index in [0.717, 1.165) is 0 Å². The number of aromatic nitrogens is 1. The zero-order valence-electron chi connectivity index (χ0n) is 17.6. The van der Waals surface area contributed by atoms with Crippen molar-refractivity contribution in [1.82, 2.24) is 14.2 Å². The Morgan fingerprint density at radius 1 is 1.42 bits per heavy atom. The van der Waals surface area contributed by atoms with E-state index < -0.39 is 22.2 Å². The fraction of sp³-hybridized carbons (Fsp3) is 0.429. The second-order valence-corrected chi connectivity index (χ2v) is 10.5. The summed E-state index contributed by atoms with van der Waals surface area (Å²) < 4.78 is 34.8. The maximum absolute atomic E-state index is 13.3. The summed E-state index contributed by atoms with van der Waals surface area (Å²) in [6, 6.07) is 7.53. The standard InChI is InChI=1S/C21H26BrN3O5S/c1-14-11-25(15(2)13-26)31(28,29)20-7-6-17(22)9-18(20)30-19(14)12-24(3)21(27)16-5-4-8-23-10-16/h4-10,14-15,19,26H,11-13H2,1-3H3/t14-,15-,19-/m0/s1. The Balaban J connectivity index is 1.96. The fourth-order valence-corrected chi connectivity index (χ4v) is 5.65. The molecule has 1 aliphatic rings. The largest absolute Gasteiger partial charge is 0.487 e. The van der Waals surface area contributed by atoms with Gasteiger partial charge in [-0.05, 0) is 37.3 Å². The van der Waals surface area contributed by atoms with Gasteiger partial charge in [-0.25, -0.2) is 8.42 Å². The second kappa shape index (κ2) is 9.64. The molecule has 1 amide bonds. The van der Waals surface area contributed by atoms with Crippen LogP contribution in [0.3, 0.4) is 0 Å². The van der Waals surface area contributed by atoms with Gasteiger partial charge in [-0.3, -0.25) is 9.78 Å². The van der Waals surface area contributed by atoms with Gasteiger partial charge in [0.2, 0.25) is 10.0 Å². The van der Waals surface area contributed by atoms with Crippen LogP contribution in [0, 0.1) is 5.92 Å². The van der Waals surface area contributed by atoms with Crippen molar-refractivity contribution in [2.45, 2.75) is 30.9 Å². The number of carbonyl (C=O) groups is 1. The molecule has 0 saturated carbocycles. The number of ether oxygens (including phenoxy) is 1. The van der Waals surface area contributed by atoms with Crippen molar-refractivity contribution in [2.24, 2.45) is 5.92 Å². The highest BCUT2D eigenvalue weighted by atomic mass is 79.9. The first-order valence-corrected chi connectivity index (χ1v) is 12.1. The molecule has 3 rings (SSSR count). The normalized spacial score (nSPS) is 21.8. The third-order valence-corrected chi connectivity index (χ3v) is 7.85. The van der Waals surface area contributed by atoms with Crippen LogP contribution < -0.4 is 4.74 Å². The minimum atomic E-state index is -3.88. The number of amides is 1. The predicted molar refractivity (Wildman–Crippen MR) is 119 cm³/mol. The number of hydrogen-bond acceptors (Lipinski definition) is 6. The number of nitrogens with zero attached hydrogens (tertiary/aromatic N) is 3. The lowest BCUT2D eigenvalue weighted by molar-refractivity contribution is 0.0563. The molecule has 1 aliphatic heterocycles. The molecule has 3 atom stereocenters. The smallest absolute Gasteiger partial charge is 0.255 e. The minimum Gasteiger partial charge on any atom is -0.487 e. The molecule has 0 spiro atoms. The van der Waals surface area contributed by atoms with E-state index in [1.165, 1.54) is 16.6 Å². The summed E-state index contributed by atoms with van der Waals surface area (Å²) in [5.41, 5.74) is 0.463. The lowest BCUT2D eigenvalue weighted by Gasteiger charge is -2.37. The van der Waals surface area contributed by atoms with Crippen LogP contribution in [-0.2, 0) is 10.0 Å². The number of rotatable bonds is 5. The van der Waals surface area contributed by atoms with E-state index in [2.05, 4.69) is 20.9 Å². The van der Waals surface area contributed by atoms with Crippen molar-refractivity contribution in [3.63, 3.8) is 0 Å². The average Bonchev–Trinajstić information content (AvgIpc) is 2.75. The molecular formula is C21H26BrN3O5S. The summed E-state index contributed by atoms with van der Waals surface area (Å²) in [7, 11) is -2.20. The molecule has 0 fully saturated rings. The van der Waals surface area contributed by atoms with Crippen LogP contribution in [0.15, 0.2) is 52.1 Å². The molecule has 1 aromatic heterocycles. The molecule has 8 nitrogen and oxygen atoms in total. The van der Waals surface area contributed by atoms with Gasteiger partial charge in [0.05, 0.1) is 18.7 Å². The number of halogens is 1. The highest BCUT2D eigenvalue weighted by molar-refractivity contribution is 9.10. The van der Waals surface area contributed by atoms with Crippen molar-refractivity contribution in [3.8, 4) is 5.75 Å². The molecule has 0 saturated heterocycles. The van der Waals surface area contributed by atoms with Crippen molar-refractivity contribution < 1.29 is 23.1 Å². The van der Waals surface area contributed by atoms with Crippen LogP contribution in [0.2, 0.25) is 0 Å². The van der Waals surface area contributed by atoms with Gasteiger partial charge in [0.15, 0.2) is 0 Å². The van der Waals surface area contributed by atoms with Gasteiger partial charge in [0.25, 0.3) is 5.91 Å². The van der Waals surface area contributed by atoms with Crippen molar-refractivity contribution in [1.29, 1.82) is 0 Å². The summed E-state index contributed by atoms with van der Waals surface area (Å²) >= 11 is 3.37. The second-order valence-electron chi connectivity index (χ2n) is 7.76. The van der Waals surface area contributed by atoms with Crippen LogP contribution in [0.25, 0.3) is 0 Å². The lowest BCUT2D eigenvalue weighted by Crippen LogP contribution is -2.50. The fourth-order valence-electron chi connectivity index (χ4n) is 3.48. The molecular weight excluding hydrogens is 486 g/mol. The predicted octanol–water partition coefficient (Wildman–Crippen LogP) is 2.38. The van der Waals surface area contributed by atoms with E-state index in [1.54, 1.807) is 49.3 Å². The van der Waals surface area contributed by atoms with Crippen LogP contribution in [-0.4, -0.2) is 72.5 Å². The molecule has 10 heteroatoms. The number of aliphatic hydroxyl groups is 1. The lowest BCUT2D eigenvalue weighted by atomic mass is 10.0. The molecule has 1 N–H and O–H groups in total. The topological polar surface area (TPSA) is 100 Å². The number of hydrogen-bond donors (Lipinski definition) is 1. The number of fused-ring (bicyclic) bond motifs is 1. The monoisotopic (exact) mass is 511 g/mol. The number of pyridine rings is 1. The molecule has 2 heterocycles. The number of likely N-dealkylation sites (N-methyl/N-ethyl adjacent to an activating group) is 1. The third-order valence-electron chi connectivity index (χ3n) is 5.34. The third kappa shape index (κ3) is 5.08. The Morgan fingerprint density at radius 2 is 2.16 bits per heavy atom. The van der Waals surface area contributed by atoms with Crippen LogP contribution >= 0.6 is 15.9 Å². The minimum absolute atomic E-state index is 0.0362. The van der Waals surface area contributed by atoms with Gasteiger partial charge in [-0.15, -0.1) is 0 Å². The molecule has 0 radical (unpaired) electrons. The summed E-state index contributed by atoms with van der Waals surface area (Å²) in [6.45, 7) is 3.64. The van der Waals surface area contributed by atoms with E-state index >= 15 is 0 Å². The van der Waals surface area contributed by atoms with Crippen LogP contribution in [0.1, 0.15) is 24.2 Å². The van der Waals surface area contributed by atoms with Gasteiger partial charge in [0, 0.05) is 42.4 Å². The summed E-state index contributed by atoms with van der Waals surface area (Å²) in [5.74, 6) is -0.239. The Kier molecular flexibility index (Phi) is 7.35. The quantitative estimate of drug-likeness (QED) is 0.661. The van der Waals surface area contributed by atoms with E-state index in [0.29, 0.717) is 10.0 Å². The van der Waals surface area contributed by atoms with Crippen molar-refractivity contribution in [2.75, 3.05) is 26.7 Å². The maximum atomic E-state index is 13.3. The molecule has 168 valence electrons. The van der Waals surface area contributed by atoms with Gasteiger partial charge in [-0.1, -0.05) is 22.9 Å². The zero-order valence-corrected chi connectivity index (χ0v) is 20.0. The number of aliphatic hydroxyl groups excluding tert-OH is 1. The van der Waals surface area contributed by atoms with Gasteiger partial charge >= 0.3 is 0 Å². The van der Waals surface area contributed by atoms with Crippen LogP contribution in [0.4, 0.5) is 0 Å². The molecule has 0 unspecified atom stereocenters. The van der Waals surface area contributed by atoms with Gasteiger partial charge in [-0.2, -0.15) is 4.31 Å². The van der Waals surface area contributed by atoms with E-state index in [4.69, 9.17) is 4.74 Å². The molecule has 2 aromatic rings. The van der Waals surface area contributed by atoms with E-state index in [1.807, 2.05) is 6.92 Å². The van der Waals surface area contributed by atoms with Crippen LogP contribution in [0.5, 0.6) is 5.75 Å². The SMILES string of the molecule is C[C@H]1CN([C@@H](C)CO)S(=O)(=O)c2ccc(Br)cc2O[C@H]1CN(C)C(=O)c1cccnc1. The Labute approximate surface area is 191 Å². The number of carbonyl (C=O) groups excluding carboxylic acids is 1. The first-order valence-electron chi connectivity index (χ1n) is 9.89. The first-order chi connectivity index (χ1) is 14.6. The highest BCUT2D eigenvalue weighted by Gasteiger charge is 2.38. The molecule has 31 heavy (non-hydrogen) atoms. The molecule has 1 aromatic carbocycles. The number of sulfonamides is 1. The van der Waals surface area contributed by atoms with Gasteiger partial charge < -0.3 is 14.7 Å². The summed E-state index contributed by atoms with van der Waals surface area (Å²) in [6.07, 6.45) is 2.64. The van der Waals surface area contributed by atoms with Crippen molar-refractivity contribution in [3.05, 3.63) is 52.8 Å². The maximum Gasteiger partial charge on any atom is 0.255 e. The highest BCUT2D eigenvalue weighted by Crippen LogP contribution is 2.35. The zero-order chi connectivity index (χ0) is 22.8. The number of benzene rings is 1. The Morgan fingerprint density at radius 3 is 2.81 bits per heavy atom. The average molecular weight is 512 g/mol. The van der Waals surface area contributed by atoms with Crippen molar-refractivity contribution >= 4 is 31.9 Å². The molecule has 0 bridgehead atoms. The Hall–Kier alpha value is -2.01. The summed E-state index contributed by atoms with van der Waals surface area (Å²) in [5, 5.41) is 9.67. The van der Waals surface area contributed by atoms with E-state index in [-0.39, 0.29) is 42.2 Å². The first kappa shape index (κ1) is 23.6.